The van der Waals surface area contributed by atoms with Crippen molar-refractivity contribution in [2.75, 3.05) is 26.2 Å². The Morgan fingerprint density at radius 1 is 0.846 bits per heavy atom. The summed E-state index contributed by atoms with van der Waals surface area (Å²) in [6.07, 6.45) is 3.39. The van der Waals surface area contributed by atoms with Crippen LogP contribution in [0.5, 0.6) is 0 Å². The summed E-state index contributed by atoms with van der Waals surface area (Å²) in [5.74, 6) is 1.02. The van der Waals surface area contributed by atoms with Crippen LogP contribution in [0.1, 0.15) is 66.2 Å². The third-order valence-corrected chi connectivity index (χ3v) is 7.43. The molecule has 2 saturated heterocycles. The van der Waals surface area contributed by atoms with Crippen LogP contribution in [-0.4, -0.2) is 108 Å². The first-order valence-corrected chi connectivity index (χ1v) is 13.9. The molecule has 218 valence electrons. The third kappa shape index (κ3) is 5.81. The molecule has 4 atom stereocenters. The Balaban J connectivity index is 2.03. The zero-order valence-corrected chi connectivity index (χ0v) is 23.4. The van der Waals surface area contributed by atoms with Crippen LogP contribution in [0, 0.1) is 5.41 Å². The number of rotatable bonds is 7. The molecule has 4 aliphatic rings. The first-order valence-electron chi connectivity index (χ1n) is 13.9. The Hall–Kier alpha value is -3.00. The Morgan fingerprint density at radius 3 is 1.79 bits per heavy atom. The maximum absolute atomic E-state index is 10.7. The van der Waals surface area contributed by atoms with Crippen LogP contribution < -0.4 is 5.73 Å². The van der Waals surface area contributed by atoms with Gasteiger partial charge in [-0.2, -0.15) is 4.99 Å². The Kier molecular flexibility index (Phi) is 8.94. The largest absolute Gasteiger partial charge is 0.423 e. The Morgan fingerprint density at radius 2 is 1.33 bits per heavy atom. The Labute approximate surface area is 230 Å². The number of nitrogens with one attached hydrogen (secondary N) is 1. The van der Waals surface area contributed by atoms with Gasteiger partial charge in [-0.25, -0.2) is 4.90 Å². The summed E-state index contributed by atoms with van der Waals surface area (Å²) in [5, 5.41) is 51.0. The zero-order valence-electron chi connectivity index (χ0n) is 23.4. The highest BCUT2D eigenvalue weighted by Gasteiger charge is 2.43. The summed E-state index contributed by atoms with van der Waals surface area (Å²) in [7, 11) is 0. The molecule has 2 fully saturated rings. The SMILES string of the molecule is CC(O)N(C1=CC2=C(N3CCCCC3)N=C(N(C(C)O)C(C)O)N(C(=N)N)C2=C(N2CCCCC2)O1)C(C)O. The lowest BCUT2D eigenvalue weighted by molar-refractivity contribution is -0.0958. The maximum atomic E-state index is 10.7. The van der Waals surface area contributed by atoms with E-state index in [1.54, 1.807) is 19.9 Å². The van der Waals surface area contributed by atoms with Gasteiger partial charge in [-0.15, -0.1) is 0 Å². The fraction of sp³-hybridized carbons (Fsp3) is 0.692. The van der Waals surface area contributed by atoms with E-state index >= 15 is 0 Å². The molecule has 4 rings (SSSR count). The minimum atomic E-state index is -1.13. The highest BCUT2D eigenvalue weighted by molar-refractivity contribution is 6.01. The minimum Gasteiger partial charge on any atom is -0.423 e. The Bertz CT molecular complexity index is 1020. The first-order chi connectivity index (χ1) is 18.5. The number of aliphatic imine (C=N–C) groups is 1. The average Bonchev–Trinajstić information content (AvgIpc) is 2.88. The van der Waals surface area contributed by atoms with E-state index in [1.165, 1.54) is 28.5 Å². The number of allylic oxidation sites excluding steroid dienone is 1. The van der Waals surface area contributed by atoms with E-state index < -0.39 is 24.9 Å². The van der Waals surface area contributed by atoms with Gasteiger partial charge in [-0.05, 0) is 66.2 Å². The van der Waals surface area contributed by atoms with Gasteiger partial charge in [-0.3, -0.25) is 15.2 Å². The molecule has 39 heavy (non-hydrogen) atoms. The number of guanidine groups is 2. The van der Waals surface area contributed by atoms with Crippen molar-refractivity contribution in [3.8, 4) is 0 Å². The standard InChI is InChI=1S/C26H44N8O5/c1-16(35)32(17(2)36)21-15-20-22(24(39-21)31-13-9-6-10-14-31)34(25(27)28)26(33(18(3)37)19(4)38)29-23(20)30-11-7-5-8-12-30/h15-19,35-38H,5-14H2,1-4H3,(H3,27,28). The van der Waals surface area contributed by atoms with Gasteiger partial charge >= 0.3 is 0 Å². The number of hydrogen-bond donors (Lipinski definition) is 6. The van der Waals surface area contributed by atoms with Gasteiger partial charge in [0.15, 0.2) is 5.96 Å². The van der Waals surface area contributed by atoms with Crippen molar-refractivity contribution in [3.05, 3.63) is 34.9 Å². The molecule has 0 amide bonds. The maximum Gasteiger partial charge on any atom is 0.223 e. The summed E-state index contributed by atoms with van der Waals surface area (Å²) in [6, 6.07) is 0. The van der Waals surface area contributed by atoms with Crippen LogP contribution in [0.15, 0.2) is 39.9 Å². The van der Waals surface area contributed by atoms with Gasteiger partial charge < -0.3 is 40.7 Å². The van der Waals surface area contributed by atoms with Crippen LogP contribution in [0.2, 0.25) is 0 Å². The van der Waals surface area contributed by atoms with Gasteiger partial charge in [0.05, 0.1) is 5.57 Å². The normalized spacial score (nSPS) is 23.3. The number of aliphatic hydroxyl groups is 4. The smallest absolute Gasteiger partial charge is 0.223 e. The second-order valence-corrected chi connectivity index (χ2v) is 10.5. The molecule has 0 aromatic rings. The lowest BCUT2D eigenvalue weighted by Crippen LogP contribution is -2.58. The number of fused-ring (bicyclic) bond motifs is 1. The van der Waals surface area contributed by atoms with E-state index in [0.29, 0.717) is 36.1 Å². The lowest BCUT2D eigenvalue weighted by Gasteiger charge is -2.46. The highest BCUT2D eigenvalue weighted by Crippen LogP contribution is 2.40. The van der Waals surface area contributed by atoms with E-state index in [4.69, 9.17) is 20.9 Å². The average molecular weight is 549 g/mol. The molecule has 0 spiro atoms. The zero-order chi connectivity index (χ0) is 28.4. The first kappa shape index (κ1) is 29.0. The molecule has 7 N–H and O–H groups in total. The topological polar surface area (TPSA) is 169 Å². The van der Waals surface area contributed by atoms with Crippen LogP contribution in [0.25, 0.3) is 0 Å². The van der Waals surface area contributed by atoms with Crippen molar-refractivity contribution >= 4 is 11.9 Å². The summed E-state index contributed by atoms with van der Waals surface area (Å²) < 4.78 is 6.47. The fourth-order valence-electron chi connectivity index (χ4n) is 5.69. The van der Waals surface area contributed by atoms with E-state index in [-0.39, 0.29) is 17.8 Å². The van der Waals surface area contributed by atoms with E-state index in [0.717, 1.165) is 51.6 Å². The number of aliphatic hydroxyl groups excluding tert-OH is 4. The highest BCUT2D eigenvalue weighted by atomic mass is 16.5. The quantitative estimate of drug-likeness (QED) is 0.151. The molecule has 13 heteroatoms. The predicted molar refractivity (Wildman–Crippen MR) is 146 cm³/mol. The molecular formula is C26H44N8O5. The number of ether oxygens (including phenoxy) is 1. The third-order valence-electron chi connectivity index (χ3n) is 7.43. The van der Waals surface area contributed by atoms with Gasteiger partial charge in [0.1, 0.15) is 36.4 Å². The number of nitrogens with two attached hydrogens (primary N) is 1. The van der Waals surface area contributed by atoms with Crippen molar-refractivity contribution in [2.45, 2.75) is 91.1 Å². The van der Waals surface area contributed by atoms with Crippen molar-refractivity contribution in [3.63, 3.8) is 0 Å². The molecule has 0 radical (unpaired) electrons. The summed E-state index contributed by atoms with van der Waals surface area (Å²) in [5.41, 5.74) is 7.29. The van der Waals surface area contributed by atoms with Crippen LogP contribution >= 0.6 is 0 Å². The number of likely N-dealkylation sites (tertiary alicyclic amines) is 2. The summed E-state index contributed by atoms with van der Waals surface area (Å²) >= 11 is 0. The monoisotopic (exact) mass is 548 g/mol. The van der Waals surface area contributed by atoms with Crippen LogP contribution in [0.3, 0.4) is 0 Å². The summed E-state index contributed by atoms with van der Waals surface area (Å²) in [6.45, 7) is 9.07. The van der Waals surface area contributed by atoms with Gasteiger partial charge in [0, 0.05) is 32.3 Å². The second-order valence-electron chi connectivity index (χ2n) is 10.5. The minimum absolute atomic E-state index is 0.115. The number of hydrogen-bond acceptors (Lipinski definition) is 11. The molecule has 0 aliphatic carbocycles. The molecule has 0 saturated carbocycles. The molecule has 0 aromatic heterocycles. The van der Waals surface area contributed by atoms with Gasteiger partial charge in [-0.1, -0.05) is 0 Å². The lowest BCUT2D eigenvalue weighted by atomic mass is 10.0. The van der Waals surface area contributed by atoms with Crippen molar-refractivity contribution in [2.24, 2.45) is 10.7 Å². The summed E-state index contributed by atoms with van der Waals surface area (Å²) in [4.78, 5) is 13.2. The molecule has 4 heterocycles. The van der Waals surface area contributed by atoms with E-state index in [9.17, 15) is 20.4 Å². The van der Waals surface area contributed by atoms with Crippen molar-refractivity contribution < 1.29 is 25.2 Å². The number of nitrogens with zero attached hydrogens (tertiary/aromatic N) is 6. The fourth-order valence-corrected chi connectivity index (χ4v) is 5.69. The molecule has 4 unspecified atom stereocenters. The van der Waals surface area contributed by atoms with E-state index in [1.807, 2.05) is 0 Å². The molecular weight excluding hydrogens is 504 g/mol. The number of piperidine rings is 2. The molecule has 0 aromatic carbocycles. The van der Waals surface area contributed by atoms with Gasteiger partial charge in [0.2, 0.25) is 17.7 Å². The van der Waals surface area contributed by atoms with E-state index in [2.05, 4.69) is 9.80 Å². The molecule has 0 bridgehead atoms. The second kappa shape index (κ2) is 12.0. The molecule has 4 aliphatic heterocycles. The van der Waals surface area contributed by atoms with Crippen molar-refractivity contribution in [1.29, 1.82) is 5.41 Å². The van der Waals surface area contributed by atoms with Crippen LogP contribution in [0.4, 0.5) is 0 Å². The van der Waals surface area contributed by atoms with Crippen LogP contribution in [-0.2, 0) is 4.74 Å². The van der Waals surface area contributed by atoms with Crippen molar-refractivity contribution in [1.82, 2.24) is 24.5 Å². The van der Waals surface area contributed by atoms with Gasteiger partial charge in [0.25, 0.3) is 0 Å². The predicted octanol–water partition coefficient (Wildman–Crippen LogP) is 0.733. The molecule has 13 nitrogen and oxygen atoms in total.